The van der Waals surface area contributed by atoms with Gasteiger partial charge in [-0.2, -0.15) is 5.26 Å². The lowest BCUT2D eigenvalue weighted by atomic mass is 10.2. The van der Waals surface area contributed by atoms with Crippen LogP contribution in [0.15, 0.2) is 24.3 Å². The average molecular weight is 261 g/mol. The van der Waals surface area contributed by atoms with Crippen LogP contribution >= 0.6 is 0 Å². The van der Waals surface area contributed by atoms with E-state index < -0.39 is 11.8 Å². The minimum Gasteiger partial charge on any atom is -0.492 e. The van der Waals surface area contributed by atoms with Gasteiger partial charge < -0.3 is 15.4 Å². The molecule has 0 bridgehead atoms. The SMILES string of the molecule is CCNC(=O)C(=O)NCCOc1cccc(C#N)c1. The molecule has 0 aromatic heterocycles. The number of hydrogen-bond acceptors (Lipinski definition) is 4. The van der Waals surface area contributed by atoms with Crippen molar-refractivity contribution in [1.82, 2.24) is 10.6 Å². The third-order valence-electron chi connectivity index (χ3n) is 2.16. The Morgan fingerprint density at radius 1 is 1.32 bits per heavy atom. The van der Waals surface area contributed by atoms with Gasteiger partial charge in [0, 0.05) is 6.54 Å². The summed E-state index contributed by atoms with van der Waals surface area (Å²) >= 11 is 0. The number of carbonyl (C=O) groups is 2. The van der Waals surface area contributed by atoms with Crippen LogP contribution in [0.5, 0.6) is 5.75 Å². The van der Waals surface area contributed by atoms with Crippen molar-refractivity contribution in [2.45, 2.75) is 6.92 Å². The predicted octanol–water partition coefficient (Wildman–Crippen LogP) is 0.189. The van der Waals surface area contributed by atoms with Crippen molar-refractivity contribution in [2.24, 2.45) is 0 Å². The Balaban J connectivity index is 2.29. The standard InChI is InChI=1S/C13H15N3O3/c1-2-15-12(17)13(18)16-6-7-19-11-5-3-4-10(8-11)9-14/h3-5,8H,2,6-7H2,1H3,(H,15,17)(H,16,18). The van der Waals surface area contributed by atoms with Crippen LogP contribution in [-0.2, 0) is 9.59 Å². The fourth-order valence-electron chi connectivity index (χ4n) is 1.31. The van der Waals surface area contributed by atoms with E-state index in [0.29, 0.717) is 17.9 Å². The predicted molar refractivity (Wildman–Crippen MR) is 68.3 cm³/mol. The van der Waals surface area contributed by atoms with Crippen molar-refractivity contribution >= 4 is 11.8 Å². The third kappa shape index (κ3) is 5.08. The molecule has 19 heavy (non-hydrogen) atoms. The van der Waals surface area contributed by atoms with Crippen molar-refractivity contribution in [3.63, 3.8) is 0 Å². The van der Waals surface area contributed by atoms with E-state index in [9.17, 15) is 9.59 Å². The van der Waals surface area contributed by atoms with Crippen molar-refractivity contribution in [1.29, 1.82) is 5.26 Å². The molecule has 0 heterocycles. The Bertz CT molecular complexity index is 494. The molecule has 0 unspecified atom stereocenters. The molecule has 6 nitrogen and oxygen atoms in total. The molecule has 0 aliphatic heterocycles. The normalized spacial score (nSPS) is 9.26. The molecule has 0 saturated heterocycles. The molecule has 1 aromatic rings. The molecule has 0 atom stereocenters. The van der Waals surface area contributed by atoms with E-state index in [2.05, 4.69) is 10.6 Å². The molecule has 0 spiro atoms. The molecule has 0 radical (unpaired) electrons. The molecule has 0 aliphatic carbocycles. The van der Waals surface area contributed by atoms with Crippen molar-refractivity contribution in [3.8, 4) is 11.8 Å². The fourth-order valence-corrected chi connectivity index (χ4v) is 1.31. The van der Waals surface area contributed by atoms with E-state index in [1.807, 2.05) is 6.07 Å². The van der Waals surface area contributed by atoms with E-state index in [0.717, 1.165) is 0 Å². The highest BCUT2D eigenvalue weighted by Crippen LogP contribution is 2.11. The first-order valence-corrected chi connectivity index (χ1v) is 5.86. The zero-order chi connectivity index (χ0) is 14.1. The largest absolute Gasteiger partial charge is 0.492 e. The molecule has 0 saturated carbocycles. The maximum atomic E-state index is 11.2. The number of amides is 2. The van der Waals surface area contributed by atoms with Crippen molar-refractivity contribution in [3.05, 3.63) is 29.8 Å². The summed E-state index contributed by atoms with van der Waals surface area (Å²) in [7, 11) is 0. The van der Waals surface area contributed by atoms with Crippen LogP contribution in [0.2, 0.25) is 0 Å². The highest BCUT2D eigenvalue weighted by molar-refractivity contribution is 6.35. The number of benzene rings is 1. The number of nitriles is 1. The van der Waals surface area contributed by atoms with Crippen molar-refractivity contribution in [2.75, 3.05) is 19.7 Å². The highest BCUT2D eigenvalue weighted by atomic mass is 16.5. The van der Waals surface area contributed by atoms with Crippen LogP contribution < -0.4 is 15.4 Å². The topological polar surface area (TPSA) is 91.2 Å². The Kier molecular flexibility index (Phi) is 5.89. The Hall–Kier alpha value is -2.55. The molecule has 6 heteroatoms. The lowest BCUT2D eigenvalue weighted by Gasteiger charge is -2.07. The smallest absolute Gasteiger partial charge is 0.309 e. The first kappa shape index (κ1) is 14.5. The van der Waals surface area contributed by atoms with Gasteiger partial charge in [0.2, 0.25) is 0 Å². The zero-order valence-electron chi connectivity index (χ0n) is 10.6. The summed E-state index contributed by atoms with van der Waals surface area (Å²) in [6.45, 7) is 2.58. The van der Waals surface area contributed by atoms with Gasteiger partial charge in [-0.25, -0.2) is 0 Å². The molecule has 1 aromatic carbocycles. The molecule has 2 amide bonds. The maximum absolute atomic E-state index is 11.2. The van der Waals surface area contributed by atoms with E-state index in [1.165, 1.54) is 0 Å². The molecular weight excluding hydrogens is 246 g/mol. The van der Waals surface area contributed by atoms with Gasteiger partial charge in [0.1, 0.15) is 12.4 Å². The van der Waals surface area contributed by atoms with Gasteiger partial charge in [0.05, 0.1) is 18.2 Å². The zero-order valence-corrected chi connectivity index (χ0v) is 10.6. The van der Waals surface area contributed by atoms with Crippen LogP contribution in [0, 0.1) is 11.3 Å². The van der Waals surface area contributed by atoms with E-state index in [1.54, 1.807) is 31.2 Å². The average Bonchev–Trinajstić information content (AvgIpc) is 2.43. The molecule has 2 N–H and O–H groups in total. The van der Waals surface area contributed by atoms with E-state index in [4.69, 9.17) is 10.00 Å². The lowest BCUT2D eigenvalue weighted by Crippen LogP contribution is -2.41. The second-order valence-electron chi connectivity index (χ2n) is 3.60. The summed E-state index contributed by atoms with van der Waals surface area (Å²) in [4.78, 5) is 22.3. The van der Waals surface area contributed by atoms with Crippen LogP contribution in [0.25, 0.3) is 0 Å². The molecular formula is C13H15N3O3. The number of nitrogens with one attached hydrogen (secondary N) is 2. The summed E-state index contributed by atoms with van der Waals surface area (Å²) in [5.41, 5.74) is 0.504. The number of likely N-dealkylation sites (N-methyl/N-ethyl adjacent to an activating group) is 1. The van der Waals surface area contributed by atoms with E-state index in [-0.39, 0.29) is 13.2 Å². The molecule has 100 valence electrons. The van der Waals surface area contributed by atoms with E-state index >= 15 is 0 Å². The quantitative estimate of drug-likeness (QED) is 0.584. The van der Waals surface area contributed by atoms with Gasteiger partial charge >= 0.3 is 11.8 Å². The Morgan fingerprint density at radius 3 is 2.74 bits per heavy atom. The van der Waals surface area contributed by atoms with Crippen molar-refractivity contribution < 1.29 is 14.3 Å². The minimum absolute atomic E-state index is 0.215. The Morgan fingerprint density at radius 2 is 2.05 bits per heavy atom. The lowest BCUT2D eigenvalue weighted by molar-refractivity contribution is -0.139. The summed E-state index contributed by atoms with van der Waals surface area (Å²) < 4.78 is 5.34. The van der Waals surface area contributed by atoms with Gasteiger partial charge in [0.15, 0.2) is 0 Å². The van der Waals surface area contributed by atoms with Crippen LogP contribution in [-0.4, -0.2) is 31.5 Å². The van der Waals surface area contributed by atoms with Crippen LogP contribution in [0.3, 0.4) is 0 Å². The number of carbonyl (C=O) groups excluding carboxylic acids is 2. The van der Waals surface area contributed by atoms with Gasteiger partial charge in [-0.3, -0.25) is 9.59 Å². The summed E-state index contributed by atoms with van der Waals surface area (Å²) in [5.74, 6) is -0.795. The summed E-state index contributed by atoms with van der Waals surface area (Å²) in [5, 5.41) is 13.5. The van der Waals surface area contributed by atoms with Gasteiger partial charge in [0.25, 0.3) is 0 Å². The third-order valence-corrected chi connectivity index (χ3v) is 2.16. The molecule has 0 fully saturated rings. The Labute approximate surface area is 111 Å². The molecule has 0 aliphatic rings. The second kappa shape index (κ2) is 7.71. The second-order valence-corrected chi connectivity index (χ2v) is 3.60. The number of nitrogens with zero attached hydrogens (tertiary/aromatic N) is 1. The van der Waals surface area contributed by atoms with Crippen LogP contribution in [0.4, 0.5) is 0 Å². The molecule has 1 rings (SSSR count). The summed E-state index contributed by atoms with van der Waals surface area (Å²) in [6, 6.07) is 8.70. The maximum Gasteiger partial charge on any atom is 0.309 e. The number of ether oxygens (including phenoxy) is 1. The van der Waals surface area contributed by atoms with Gasteiger partial charge in [-0.1, -0.05) is 6.07 Å². The monoisotopic (exact) mass is 261 g/mol. The summed E-state index contributed by atoms with van der Waals surface area (Å²) in [6.07, 6.45) is 0. The minimum atomic E-state index is -0.684. The first-order chi connectivity index (χ1) is 9.17. The van der Waals surface area contributed by atoms with Gasteiger partial charge in [-0.05, 0) is 25.1 Å². The van der Waals surface area contributed by atoms with Gasteiger partial charge in [-0.15, -0.1) is 0 Å². The first-order valence-electron chi connectivity index (χ1n) is 5.86. The van der Waals surface area contributed by atoms with Crippen LogP contribution in [0.1, 0.15) is 12.5 Å². The highest BCUT2D eigenvalue weighted by Gasteiger charge is 2.10. The number of hydrogen-bond donors (Lipinski definition) is 2. The number of rotatable bonds is 5. The fraction of sp³-hybridized carbons (Fsp3) is 0.308.